The molecule has 1 amide bonds. The molecule has 0 aliphatic rings. The van der Waals surface area contributed by atoms with Gasteiger partial charge in [-0.05, 0) is 12.1 Å². The first kappa shape index (κ1) is 12.8. The summed E-state index contributed by atoms with van der Waals surface area (Å²) in [5.74, 6) is -1.43. The number of nitrogens with one attached hydrogen (secondary N) is 1. The van der Waals surface area contributed by atoms with Gasteiger partial charge in [0, 0.05) is 7.11 Å². The molecule has 0 aromatic carbocycles. The maximum absolute atomic E-state index is 10.7. The first-order valence-electron chi connectivity index (χ1n) is 4.67. The van der Waals surface area contributed by atoms with E-state index >= 15 is 0 Å². The normalized spacial score (nSPS) is 11.8. The van der Waals surface area contributed by atoms with E-state index in [0.717, 1.165) is 0 Å². The van der Waals surface area contributed by atoms with Crippen molar-refractivity contribution in [3.8, 4) is 0 Å². The molecule has 1 heterocycles. The number of amides is 1. The minimum Gasteiger partial charge on any atom is -0.479 e. The Morgan fingerprint density at radius 3 is 2.65 bits per heavy atom. The van der Waals surface area contributed by atoms with Crippen molar-refractivity contribution in [1.29, 1.82) is 0 Å². The predicted octanol–water partition coefficient (Wildman–Crippen LogP) is -0.913. The lowest BCUT2D eigenvalue weighted by atomic mass is 10.3. The number of carboxylic acids is 1. The maximum Gasteiger partial charge on any atom is 0.334 e. The molecule has 0 spiro atoms. The molecule has 1 aromatic heterocycles. The third kappa shape index (κ3) is 3.68. The van der Waals surface area contributed by atoms with Crippen molar-refractivity contribution < 1.29 is 19.4 Å². The van der Waals surface area contributed by atoms with E-state index in [2.05, 4.69) is 15.5 Å². The highest BCUT2D eigenvalue weighted by Gasteiger charge is 2.15. The Bertz CT molecular complexity index is 406. The number of anilines is 1. The van der Waals surface area contributed by atoms with Crippen LogP contribution in [0.25, 0.3) is 0 Å². The Hall–Kier alpha value is -2.22. The fourth-order valence-electron chi connectivity index (χ4n) is 1.03. The van der Waals surface area contributed by atoms with E-state index in [1.165, 1.54) is 19.2 Å². The number of aromatic nitrogens is 2. The average Bonchev–Trinajstić information content (AvgIpc) is 2.30. The first-order valence-corrected chi connectivity index (χ1v) is 4.67. The second-order valence-corrected chi connectivity index (χ2v) is 3.11. The summed E-state index contributed by atoms with van der Waals surface area (Å²) in [7, 11) is 1.29. The number of nitrogens with zero attached hydrogens (tertiary/aromatic N) is 2. The highest BCUT2D eigenvalue weighted by Crippen LogP contribution is 2.02. The van der Waals surface area contributed by atoms with Gasteiger partial charge in [-0.2, -0.15) is 0 Å². The van der Waals surface area contributed by atoms with Gasteiger partial charge in [0.2, 0.25) is 0 Å². The van der Waals surface area contributed by atoms with Crippen LogP contribution in [0.1, 0.15) is 10.5 Å². The summed E-state index contributed by atoms with van der Waals surface area (Å²) < 4.78 is 4.71. The number of methoxy groups -OCH3 is 1. The molecule has 1 unspecified atom stereocenters. The fourth-order valence-corrected chi connectivity index (χ4v) is 1.03. The van der Waals surface area contributed by atoms with E-state index in [0.29, 0.717) is 5.82 Å². The predicted molar refractivity (Wildman–Crippen MR) is 57.5 cm³/mol. The van der Waals surface area contributed by atoms with Crippen LogP contribution in [0, 0.1) is 0 Å². The molecule has 1 atom stereocenters. The van der Waals surface area contributed by atoms with Crippen LogP contribution < -0.4 is 11.1 Å². The van der Waals surface area contributed by atoms with Gasteiger partial charge in [-0.15, -0.1) is 10.2 Å². The summed E-state index contributed by atoms with van der Waals surface area (Å²) in [5.41, 5.74) is 5.03. The highest BCUT2D eigenvalue weighted by atomic mass is 16.5. The number of hydrogen-bond acceptors (Lipinski definition) is 6. The second kappa shape index (κ2) is 5.75. The van der Waals surface area contributed by atoms with Gasteiger partial charge in [-0.25, -0.2) is 4.79 Å². The van der Waals surface area contributed by atoms with E-state index in [4.69, 9.17) is 15.6 Å². The molecule has 92 valence electrons. The number of primary amides is 1. The minimum atomic E-state index is -1.08. The van der Waals surface area contributed by atoms with Crippen LogP contribution in [0.5, 0.6) is 0 Å². The number of carbonyl (C=O) groups excluding carboxylic acids is 1. The first-order chi connectivity index (χ1) is 8.04. The summed E-state index contributed by atoms with van der Waals surface area (Å²) in [4.78, 5) is 21.3. The molecule has 1 aromatic rings. The van der Waals surface area contributed by atoms with Gasteiger partial charge in [0.05, 0.1) is 6.54 Å². The Kier molecular flexibility index (Phi) is 4.35. The lowest BCUT2D eigenvalue weighted by Crippen LogP contribution is -2.30. The van der Waals surface area contributed by atoms with Gasteiger partial charge in [0.15, 0.2) is 11.8 Å². The minimum absolute atomic E-state index is 0.0381. The summed E-state index contributed by atoms with van der Waals surface area (Å²) in [6, 6.07) is 2.86. The van der Waals surface area contributed by atoms with E-state index in [1.54, 1.807) is 0 Å². The molecular formula is C9H12N4O4. The Morgan fingerprint density at radius 2 is 2.24 bits per heavy atom. The number of carboxylic acid groups (broad SMARTS) is 1. The van der Waals surface area contributed by atoms with Crippen molar-refractivity contribution >= 4 is 17.7 Å². The zero-order valence-electron chi connectivity index (χ0n) is 9.08. The third-order valence-electron chi connectivity index (χ3n) is 1.95. The van der Waals surface area contributed by atoms with Gasteiger partial charge in [0.25, 0.3) is 5.91 Å². The third-order valence-corrected chi connectivity index (χ3v) is 1.95. The van der Waals surface area contributed by atoms with Crippen molar-refractivity contribution in [2.45, 2.75) is 6.10 Å². The summed E-state index contributed by atoms with van der Waals surface area (Å²) in [5, 5.41) is 18.6. The molecular weight excluding hydrogens is 228 g/mol. The molecule has 0 aliphatic heterocycles. The summed E-state index contributed by atoms with van der Waals surface area (Å²) >= 11 is 0. The average molecular weight is 240 g/mol. The van der Waals surface area contributed by atoms with Crippen LogP contribution in [0.15, 0.2) is 12.1 Å². The largest absolute Gasteiger partial charge is 0.479 e. The van der Waals surface area contributed by atoms with Crippen molar-refractivity contribution in [3.63, 3.8) is 0 Å². The lowest BCUT2D eigenvalue weighted by molar-refractivity contribution is -0.147. The Balaban J connectivity index is 2.58. The number of aliphatic carboxylic acids is 1. The summed E-state index contributed by atoms with van der Waals surface area (Å²) in [6.45, 7) is 0.0381. The number of rotatable bonds is 6. The van der Waals surface area contributed by atoms with Crippen LogP contribution in [0.4, 0.5) is 5.82 Å². The quantitative estimate of drug-likeness (QED) is 0.587. The zero-order chi connectivity index (χ0) is 12.8. The lowest BCUT2D eigenvalue weighted by Gasteiger charge is -2.11. The van der Waals surface area contributed by atoms with E-state index in [-0.39, 0.29) is 12.2 Å². The van der Waals surface area contributed by atoms with Gasteiger partial charge >= 0.3 is 5.97 Å². The van der Waals surface area contributed by atoms with Crippen molar-refractivity contribution in [2.75, 3.05) is 19.0 Å². The number of ether oxygens (including phenoxy) is 1. The monoisotopic (exact) mass is 240 g/mol. The van der Waals surface area contributed by atoms with Crippen molar-refractivity contribution in [2.24, 2.45) is 5.73 Å². The molecule has 1 rings (SSSR count). The smallest absolute Gasteiger partial charge is 0.334 e. The SMILES string of the molecule is COC(CNc1ccc(C(N)=O)nn1)C(=O)O. The van der Waals surface area contributed by atoms with E-state index < -0.39 is 18.0 Å². The van der Waals surface area contributed by atoms with Crippen LogP contribution in [-0.4, -0.2) is 46.9 Å². The van der Waals surface area contributed by atoms with Crippen molar-refractivity contribution in [3.05, 3.63) is 17.8 Å². The molecule has 4 N–H and O–H groups in total. The van der Waals surface area contributed by atoms with Crippen LogP contribution in [0.3, 0.4) is 0 Å². The Morgan fingerprint density at radius 1 is 1.53 bits per heavy atom. The summed E-state index contributed by atoms with van der Waals surface area (Å²) in [6.07, 6.45) is -0.979. The van der Waals surface area contributed by atoms with Gasteiger partial charge in [0.1, 0.15) is 5.82 Å². The van der Waals surface area contributed by atoms with Crippen LogP contribution in [0.2, 0.25) is 0 Å². The number of nitrogens with two attached hydrogens (primary N) is 1. The fraction of sp³-hybridized carbons (Fsp3) is 0.333. The number of carbonyl (C=O) groups is 2. The molecule has 17 heavy (non-hydrogen) atoms. The molecule has 8 heteroatoms. The molecule has 0 bridgehead atoms. The van der Waals surface area contributed by atoms with E-state index in [1.807, 2.05) is 0 Å². The molecule has 0 saturated heterocycles. The molecule has 0 aliphatic carbocycles. The van der Waals surface area contributed by atoms with Crippen molar-refractivity contribution in [1.82, 2.24) is 10.2 Å². The molecule has 0 fully saturated rings. The molecule has 0 radical (unpaired) electrons. The maximum atomic E-state index is 10.7. The van der Waals surface area contributed by atoms with Crippen LogP contribution >= 0.6 is 0 Å². The molecule has 8 nitrogen and oxygen atoms in total. The zero-order valence-corrected chi connectivity index (χ0v) is 9.08. The van der Waals surface area contributed by atoms with Gasteiger partial charge in [-0.3, -0.25) is 4.79 Å². The molecule has 0 saturated carbocycles. The second-order valence-electron chi connectivity index (χ2n) is 3.11. The van der Waals surface area contributed by atoms with Crippen LogP contribution in [-0.2, 0) is 9.53 Å². The number of hydrogen-bond donors (Lipinski definition) is 3. The standard InChI is InChI=1S/C9H12N4O4/c1-17-6(9(15)16)4-11-7-3-2-5(8(10)14)12-13-7/h2-3,6H,4H2,1H3,(H2,10,14)(H,11,13)(H,15,16). The van der Waals surface area contributed by atoms with E-state index in [9.17, 15) is 9.59 Å². The Labute approximate surface area is 96.8 Å². The highest BCUT2D eigenvalue weighted by molar-refractivity contribution is 5.90. The van der Waals surface area contributed by atoms with Gasteiger partial charge < -0.3 is 20.9 Å². The van der Waals surface area contributed by atoms with Gasteiger partial charge in [-0.1, -0.05) is 0 Å². The topological polar surface area (TPSA) is 127 Å².